The van der Waals surface area contributed by atoms with Gasteiger partial charge in [0.15, 0.2) is 11.5 Å². The first-order chi connectivity index (χ1) is 10.1. The van der Waals surface area contributed by atoms with Gasteiger partial charge in [0.05, 0.1) is 18.7 Å². The summed E-state index contributed by atoms with van der Waals surface area (Å²) in [6.07, 6.45) is 0.922. The third-order valence-corrected chi connectivity index (χ3v) is 3.20. The molecule has 0 heterocycles. The van der Waals surface area contributed by atoms with Gasteiger partial charge in [0, 0.05) is 11.1 Å². The number of rotatable bonds is 6. The average Bonchev–Trinajstić information content (AvgIpc) is 2.37. The zero-order chi connectivity index (χ0) is 16.9. The van der Waals surface area contributed by atoms with Crippen LogP contribution in [-0.2, 0) is 0 Å². The molecule has 0 aromatic heterocycles. The summed E-state index contributed by atoms with van der Waals surface area (Å²) >= 11 is 6.26. The van der Waals surface area contributed by atoms with Crippen molar-refractivity contribution in [3.8, 4) is 11.5 Å². The Morgan fingerprint density at radius 2 is 1.95 bits per heavy atom. The van der Waals surface area contributed by atoms with Crippen LogP contribution in [0.5, 0.6) is 11.5 Å². The first kappa shape index (κ1) is 18.6. The minimum Gasteiger partial charge on any atom is -0.493 e. The Morgan fingerprint density at radius 1 is 1.32 bits per heavy atom. The Hall–Kier alpha value is -1.42. The molecule has 124 valence electrons. The number of benzene rings is 1. The van der Waals surface area contributed by atoms with E-state index in [-0.39, 0.29) is 11.4 Å². The molecule has 1 aromatic carbocycles. The number of ether oxygens (including phenoxy) is 2. The molecule has 0 fully saturated rings. The molecule has 1 amide bonds. The van der Waals surface area contributed by atoms with Crippen molar-refractivity contribution in [1.82, 2.24) is 5.32 Å². The van der Waals surface area contributed by atoms with E-state index in [0.717, 1.165) is 6.42 Å². The van der Waals surface area contributed by atoms with Crippen LogP contribution >= 0.6 is 11.6 Å². The molecule has 22 heavy (non-hydrogen) atoms. The van der Waals surface area contributed by atoms with Gasteiger partial charge in [-0.15, -0.1) is 0 Å². The van der Waals surface area contributed by atoms with Crippen LogP contribution in [0.1, 0.15) is 51.4 Å². The van der Waals surface area contributed by atoms with Crippen molar-refractivity contribution >= 4 is 17.5 Å². The van der Waals surface area contributed by atoms with E-state index in [1.54, 1.807) is 12.1 Å². The topological polar surface area (TPSA) is 47.6 Å². The Bertz CT molecular complexity index is 521. The van der Waals surface area contributed by atoms with Gasteiger partial charge in [-0.3, -0.25) is 4.79 Å². The van der Waals surface area contributed by atoms with Gasteiger partial charge < -0.3 is 14.8 Å². The molecule has 0 aliphatic rings. The van der Waals surface area contributed by atoms with Crippen LogP contribution in [-0.4, -0.2) is 25.2 Å². The normalized spacial score (nSPS) is 11.5. The van der Waals surface area contributed by atoms with Crippen molar-refractivity contribution in [2.24, 2.45) is 5.92 Å². The molecule has 0 aliphatic heterocycles. The second kappa shape index (κ2) is 7.73. The van der Waals surface area contributed by atoms with Crippen molar-refractivity contribution in [3.63, 3.8) is 0 Å². The monoisotopic (exact) mass is 327 g/mol. The van der Waals surface area contributed by atoms with Gasteiger partial charge in [-0.05, 0) is 45.2 Å². The van der Waals surface area contributed by atoms with E-state index < -0.39 is 0 Å². The third kappa shape index (κ3) is 5.76. The lowest BCUT2D eigenvalue weighted by Crippen LogP contribution is -2.40. The molecule has 1 N–H and O–H groups in total. The minimum atomic E-state index is -0.316. The predicted molar refractivity (Wildman–Crippen MR) is 90.2 cm³/mol. The lowest BCUT2D eigenvalue weighted by Gasteiger charge is -2.21. The molecule has 0 radical (unpaired) electrons. The van der Waals surface area contributed by atoms with Crippen LogP contribution < -0.4 is 14.8 Å². The van der Waals surface area contributed by atoms with E-state index in [2.05, 4.69) is 19.2 Å². The smallest absolute Gasteiger partial charge is 0.251 e. The van der Waals surface area contributed by atoms with Crippen LogP contribution in [0.2, 0.25) is 5.02 Å². The fourth-order valence-electron chi connectivity index (χ4n) is 1.80. The standard InChI is InChI=1S/C17H26ClNO3/c1-11(2)7-8-22-15-13(18)9-12(10-14(15)21-6)16(20)19-17(3,4)5/h9-11H,7-8H2,1-6H3,(H,19,20). The fraction of sp³-hybridized carbons (Fsp3) is 0.588. The molecular weight excluding hydrogens is 302 g/mol. The number of hydrogen-bond donors (Lipinski definition) is 1. The van der Waals surface area contributed by atoms with Gasteiger partial charge in [0.1, 0.15) is 0 Å². The number of halogens is 1. The van der Waals surface area contributed by atoms with Crippen LogP contribution in [0.15, 0.2) is 12.1 Å². The summed E-state index contributed by atoms with van der Waals surface area (Å²) < 4.78 is 11.0. The maximum Gasteiger partial charge on any atom is 0.251 e. The van der Waals surface area contributed by atoms with Crippen molar-refractivity contribution in [1.29, 1.82) is 0 Å². The van der Waals surface area contributed by atoms with Crippen LogP contribution in [0, 0.1) is 5.92 Å². The molecule has 0 bridgehead atoms. The van der Waals surface area contributed by atoms with Gasteiger partial charge in [0.25, 0.3) is 5.91 Å². The first-order valence-electron chi connectivity index (χ1n) is 7.47. The highest BCUT2D eigenvalue weighted by Crippen LogP contribution is 2.36. The van der Waals surface area contributed by atoms with E-state index in [1.165, 1.54) is 7.11 Å². The number of carbonyl (C=O) groups is 1. The van der Waals surface area contributed by atoms with E-state index >= 15 is 0 Å². The zero-order valence-electron chi connectivity index (χ0n) is 14.2. The summed E-state index contributed by atoms with van der Waals surface area (Å²) in [6, 6.07) is 3.26. The lowest BCUT2D eigenvalue weighted by atomic mass is 10.1. The summed E-state index contributed by atoms with van der Waals surface area (Å²) in [5.41, 5.74) is 0.136. The molecule has 0 unspecified atom stereocenters. The van der Waals surface area contributed by atoms with Crippen molar-refractivity contribution in [3.05, 3.63) is 22.7 Å². The third-order valence-electron chi connectivity index (χ3n) is 2.92. The van der Waals surface area contributed by atoms with Crippen LogP contribution in [0.3, 0.4) is 0 Å². The zero-order valence-corrected chi connectivity index (χ0v) is 15.0. The van der Waals surface area contributed by atoms with Crippen molar-refractivity contribution < 1.29 is 14.3 Å². The van der Waals surface area contributed by atoms with Crippen LogP contribution in [0.4, 0.5) is 0 Å². The van der Waals surface area contributed by atoms with Gasteiger partial charge in [-0.1, -0.05) is 25.4 Å². The van der Waals surface area contributed by atoms with Gasteiger partial charge in [0.2, 0.25) is 0 Å². The quantitative estimate of drug-likeness (QED) is 0.847. The molecule has 0 saturated heterocycles. The van der Waals surface area contributed by atoms with Crippen molar-refractivity contribution in [2.45, 2.75) is 46.6 Å². The molecule has 5 heteroatoms. The largest absolute Gasteiger partial charge is 0.493 e. The maximum absolute atomic E-state index is 12.2. The second-order valence-electron chi connectivity index (χ2n) is 6.72. The Morgan fingerprint density at radius 3 is 2.45 bits per heavy atom. The Kier molecular flexibility index (Phi) is 6.54. The average molecular weight is 328 g/mol. The Balaban J connectivity index is 2.97. The van der Waals surface area contributed by atoms with Gasteiger partial charge in [-0.25, -0.2) is 0 Å². The van der Waals surface area contributed by atoms with Crippen LogP contribution in [0.25, 0.3) is 0 Å². The summed E-state index contributed by atoms with van der Waals surface area (Å²) in [7, 11) is 1.53. The number of carbonyl (C=O) groups excluding carboxylic acids is 1. The number of nitrogens with one attached hydrogen (secondary N) is 1. The fourth-order valence-corrected chi connectivity index (χ4v) is 2.07. The number of methoxy groups -OCH3 is 1. The minimum absolute atomic E-state index is 0.193. The first-order valence-corrected chi connectivity index (χ1v) is 7.84. The summed E-state index contributed by atoms with van der Waals surface area (Å²) in [5, 5.41) is 3.27. The number of amides is 1. The highest BCUT2D eigenvalue weighted by atomic mass is 35.5. The summed E-state index contributed by atoms with van der Waals surface area (Å²) in [6.45, 7) is 10.6. The molecule has 0 saturated carbocycles. The highest BCUT2D eigenvalue weighted by Gasteiger charge is 2.19. The molecule has 0 spiro atoms. The Labute approximate surface area is 138 Å². The van der Waals surface area contributed by atoms with E-state index in [1.807, 2.05) is 20.8 Å². The lowest BCUT2D eigenvalue weighted by molar-refractivity contribution is 0.0919. The van der Waals surface area contributed by atoms with Gasteiger partial charge >= 0.3 is 0 Å². The van der Waals surface area contributed by atoms with Gasteiger partial charge in [-0.2, -0.15) is 0 Å². The van der Waals surface area contributed by atoms with E-state index in [9.17, 15) is 4.79 Å². The molecule has 0 aliphatic carbocycles. The molecule has 4 nitrogen and oxygen atoms in total. The summed E-state index contributed by atoms with van der Waals surface area (Å²) in [4.78, 5) is 12.2. The van der Waals surface area contributed by atoms with E-state index in [4.69, 9.17) is 21.1 Å². The molecule has 0 atom stereocenters. The summed E-state index contributed by atoms with van der Waals surface area (Å²) in [5.74, 6) is 1.30. The van der Waals surface area contributed by atoms with E-state index in [0.29, 0.717) is 34.6 Å². The molecule has 1 rings (SSSR count). The SMILES string of the molecule is COc1cc(C(=O)NC(C)(C)C)cc(Cl)c1OCCC(C)C. The second-order valence-corrected chi connectivity index (χ2v) is 7.13. The van der Waals surface area contributed by atoms with Crippen molar-refractivity contribution in [2.75, 3.05) is 13.7 Å². The molecular formula is C17H26ClNO3. The number of hydrogen-bond acceptors (Lipinski definition) is 3. The molecule has 1 aromatic rings. The predicted octanol–water partition coefficient (Wildman–Crippen LogP) is 4.30. The highest BCUT2D eigenvalue weighted by molar-refractivity contribution is 6.32. The maximum atomic E-state index is 12.2.